The molecule has 30 heavy (non-hydrogen) atoms. The summed E-state index contributed by atoms with van der Waals surface area (Å²) in [5.41, 5.74) is 3.43. The van der Waals surface area contributed by atoms with Gasteiger partial charge in [-0.15, -0.1) is 0 Å². The molecule has 2 fully saturated rings. The van der Waals surface area contributed by atoms with Crippen LogP contribution in [0.5, 0.6) is 0 Å². The average molecular weight is 463 g/mol. The van der Waals surface area contributed by atoms with Gasteiger partial charge in [0.1, 0.15) is 5.92 Å². The topological polar surface area (TPSA) is 49.9 Å². The first-order valence-corrected chi connectivity index (χ1v) is 10.5. The monoisotopic (exact) mass is 462 g/mol. The number of rotatable bonds is 3. The van der Waals surface area contributed by atoms with Gasteiger partial charge in [-0.3, -0.25) is 14.4 Å². The van der Waals surface area contributed by atoms with Crippen LogP contribution < -0.4 is 9.96 Å². The Hall–Kier alpha value is -2.96. The summed E-state index contributed by atoms with van der Waals surface area (Å²) in [7, 11) is 0. The summed E-state index contributed by atoms with van der Waals surface area (Å²) in [6, 6.07) is 24.4. The zero-order valence-electron chi connectivity index (χ0n) is 16.2. The summed E-state index contributed by atoms with van der Waals surface area (Å²) in [4.78, 5) is 34.2. The van der Waals surface area contributed by atoms with Crippen LogP contribution in [0.1, 0.15) is 17.2 Å². The second-order valence-corrected chi connectivity index (χ2v) is 8.48. The Morgan fingerprint density at radius 1 is 0.833 bits per heavy atom. The van der Waals surface area contributed by atoms with E-state index in [9.17, 15) is 9.59 Å². The van der Waals surface area contributed by atoms with Crippen LogP contribution >= 0.6 is 15.9 Å². The van der Waals surface area contributed by atoms with E-state index in [0.29, 0.717) is 5.69 Å². The van der Waals surface area contributed by atoms with Crippen LogP contribution in [0, 0.1) is 12.8 Å². The molecule has 5 nitrogen and oxygen atoms in total. The number of amides is 2. The number of aryl methyl sites for hydroxylation is 1. The number of nitrogens with zero attached hydrogens (tertiary/aromatic N) is 2. The van der Waals surface area contributed by atoms with Gasteiger partial charge in [0.15, 0.2) is 6.10 Å². The van der Waals surface area contributed by atoms with Gasteiger partial charge in [0.25, 0.3) is 5.91 Å². The second-order valence-electron chi connectivity index (χ2n) is 7.56. The number of halogens is 1. The molecule has 0 radical (unpaired) electrons. The zero-order valence-corrected chi connectivity index (χ0v) is 17.8. The van der Waals surface area contributed by atoms with Crippen molar-refractivity contribution in [2.24, 2.45) is 5.92 Å². The SMILES string of the molecule is Cc1ccc([C@@H]2[C@@H]3C(=O)N(c4cccc(Br)c4)C(=O)[C@@H]3ON2c2ccccc2)cc1. The van der Waals surface area contributed by atoms with E-state index in [1.54, 1.807) is 17.2 Å². The molecule has 6 heteroatoms. The largest absolute Gasteiger partial charge is 0.273 e. The Kier molecular flexibility index (Phi) is 4.68. The molecular formula is C24H19BrN2O3. The number of para-hydroxylation sites is 1. The first-order valence-electron chi connectivity index (χ1n) is 9.75. The Bertz CT molecular complexity index is 1120. The molecule has 0 aliphatic carbocycles. The van der Waals surface area contributed by atoms with Crippen molar-refractivity contribution < 1.29 is 14.4 Å². The van der Waals surface area contributed by atoms with Crippen molar-refractivity contribution >= 4 is 39.1 Å². The first kappa shape index (κ1) is 19.0. The minimum absolute atomic E-state index is 0.243. The summed E-state index contributed by atoms with van der Waals surface area (Å²) < 4.78 is 0.805. The van der Waals surface area contributed by atoms with E-state index in [1.807, 2.05) is 73.7 Å². The van der Waals surface area contributed by atoms with Crippen LogP contribution in [0.15, 0.2) is 83.3 Å². The van der Waals surface area contributed by atoms with Gasteiger partial charge in [-0.25, -0.2) is 9.96 Å². The minimum atomic E-state index is -0.858. The third-order valence-electron chi connectivity index (χ3n) is 5.61. The number of fused-ring (bicyclic) bond motifs is 1. The third kappa shape index (κ3) is 3.04. The maximum Gasteiger partial charge on any atom is 0.266 e. The van der Waals surface area contributed by atoms with E-state index in [-0.39, 0.29) is 11.8 Å². The summed E-state index contributed by atoms with van der Waals surface area (Å²) in [6.45, 7) is 2.02. The van der Waals surface area contributed by atoms with Crippen molar-refractivity contribution in [3.63, 3.8) is 0 Å². The Morgan fingerprint density at radius 3 is 2.23 bits per heavy atom. The molecule has 2 aliphatic rings. The van der Waals surface area contributed by atoms with Crippen molar-refractivity contribution in [1.82, 2.24) is 0 Å². The number of carbonyl (C=O) groups excluding carboxylic acids is 2. The van der Waals surface area contributed by atoms with Crippen molar-refractivity contribution in [2.45, 2.75) is 19.1 Å². The van der Waals surface area contributed by atoms with Gasteiger partial charge >= 0.3 is 0 Å². The summed E-state index contributed by atoms with van der Waals surface area (Å²) in [5, 5.41) is 1.72. The van der Waals surface area contributed by atoms with Gasteiger partial charge in [-0.1, -0.05) is 70.0 Å². The highest BCUT2D eigenvalue weighted by molar-refractivity contribution is 9.10. The van der Waals surface area contributed by atoms with E-state index in [2.05, 4.69) is 15.9 Å². The fourth-order valence-electron chi connectivity index (χ4n) is 4.19. The number of imide groups is 1. The second kappa shape index (κ2) is 7.38. The molecule has 5 rings (SSSR count). The Balaban J connectivity index is 1.59. The van der Waals surface area contributed by atoms with Crippen LogP contribution in [-0.4, -0.2) is 17.9 Å². The van der Waals surface area contributed by atoms with Crippen LogP contribution in [0.3, 0.4) is 0 Å². The van der Waals surface area contributed by atoms with E-state index in [0.717, 1.165) is 21.3 Å². The summed E-state index contributed by atoms with van der Waals surface area (Å²) in [5.74, 6) is -1.20. The Labute approximate surface area is 183 Å². The van der Waals surface area contributed by atoms with Gasteiger partial charge in [0, 0.05) is 4.47 Å². The van der Waals surface area contributed by atoms with Gasteiger partial charge in [0.2, 0.25) is 5.91 Å². The summed E-state index contributed by atoms with van der Waals surface area (Å²) >= 11 is 3.42. The molecule has 2 saturated heterocycles. The van der Waals surface area contributed by atoms with Crippen molar-refractivity contribution in [1.29, 1.82) is 0 Å². The molecule has 0 spiro atoms. The number of hydroxylamine groups is 1. The molecule has 3 aromatic carbocycles. The highest BCUT2D eigenvalue weighted by Gasteiger charge is 2.60. The number of carbonyl (C=O) groups is 2. The maximum atomic E-state index is 13.5. The predicted octanol–water partition coefficient (Wildman–Crippen LogP) is 4.81. The van der Waals surface area contributed by atoms with Crippen molar-refractivity contribution in [3.05, 3.63) is 94.5 Å². The number of benzene rings is 3. The zero-order chi connectivity index (χ0) is 20.8. The summed E-state index contributed by atoms with van der Waals surface area (Å²) in [6.07, 6.45) is -0.858. The van der Waals surface area contributed by atoms with Crippen LogP contribution in [-0.2, 0) is 14.4 Å². The first-order chi connectivity index (χ1) is 14.5. The van der Waals surface area contributed by atoms with Gasteiger partial charge in [0.05, 0.1) is 17.4 Å². The Morgan fingerprint density at radius 2 is 1.53 bits per heavy atom. The molecule has 0 saturated carbocycles. The third-order valence-corrected chi connectivity index (χ3v) is 6.10. The van der Waals surface area contributed by atoms with Crippen LogP contribution in [0.2, 0.25) is 0 Å². The predicted molar refractivity (Wildman–Crippen MR) is 118 cm³/mol. The normalized spacial score (nSPS) is 23.2. The minimum Gasteiger partial charge on any atom is -0.273 e. The molecular weight excluding hydrogens is 444 g/mol. The molecule has 0 aromatic heterocycles. The maximum absolute atomic E-state index is 13.5. The van der Waals surface area contributed by atoms with Gasteiger partial charge < -0.3 is 0 Å². The molecule has 0 N–H and O–H groups in total. The van der Waals surface area contributed by atoms with Gasteiger partial charge in [-0.05, 0) is 42.8 Å². The lowest BCUT2D eigenvalue weighted by atomic mass is 9.90. The van der Waals surface area contributed by atoms with Crippen LogP contribution in [0.25, 0.3) is 0 Å². The smallest absolute Gasteiger partial charge is 0.266 e. The molecule has 150 valence electrons. The quantitative estimate of drug-likeness (QED) is 0.524. The molecule has 3 atom stereocenters. The fraction of sp³-hybridized carbons (Fsp3) is 0.167. The molecule has 2 heterocycles. The number of hydrogen-bond donors (Lipinski definition) is 0. The molecule has 0 unspecified atom stereocenters. The average Bonchev–Trinajstić information content (AvgIpc) is 3.26. The highest BCUT2D eigenvalue weighted by atomic mass is 79.9. The van der Waals surface area contributed by atoms with E-state index in [1.165, 1.54) is 4.90 Å². The van der Waals surface area contributed by atoms with Crippen molar-refractivity contribution in [3.8, 4) is 0 Å². The number of anilines is 2. The lowest BCUT2D eigenvalue weighted by molar-refractivity contribution is -0.126. The lowest BCUT2D eigenvalue weighted by Gasteiger charge is -2.28. The van der Waals surface area contributed by atoms with Gasteiger partial charge in [-0.2, -0.15) is 0 Å². The fourth-order valence-corrected chi connectivity index (χ4v) is 4.57. The molecule has 2 amide bonds. The lowest BCUT2D eigenvalue weighted by Crippen LogP contribution is -2.37. The molecule has 3 aromatic rings. The van der Waals surface area contributed by atoms with E-state index >= 15 is 0 Å². The standard InChI is InChI=1S/C24H19BrN2O3/c1-15-10-12-16(13-11-15)21-20-22(30-27(21)18-7-3-2-4-8-18)24(29)26(23(20)28)19-9-5-6-17(25)14-19/h2-14,20-22H,1H3/t20-,21+,22+/m0/s1. The highest BCUT2D eigenvalue weighted by Crippen LogP contribution is 2.47. The number of hydrogen-bond acceptors (Lipinski definition) is 4. The molecule has 2 aliphatic heterocycles. The molecule has 0 bridgehead atoms. The van der Waals surface area contributed by atoms with E-state index < -0.39 is 18.1 Å². The van der Waals surface area contributed by atoms with E-state index in [4.69, 9.17) is 4.84 Å². The van der Waals surface area contributed by atoms with Crippen molar-refractivity contribution in [2.75, 3.05) is 9.96 Å². The van der Waals surface area contributed by atoms with Crippen LogP contribution in [0.4, 0.5) is 11.4 Å².